The van der Waals surface area contributed by atoms with Gasteiger partial charge >= 0.3 is 0 Å². The predicted molar refractivity (Wildman–Crippen MR) is 89.1 cm³/mol. The highest BCUT2D eigenvalue weighted by Crippen LogP contribution is 2.37. The molecule has 6 heteroatoms. The summed E-state index contributed by atoms with van der Waals surface area (Å²) in [5, 5.41) is 5.09. The third kappa shape index (κ3) is 2.23. The van der Waals surface area contributed by atoms with Crippen LogP contribution in [0, 0.1) is 0 Å². The number of hydrogen-bond acceptors (Lipinski definition) is 4. The van der Waals surface area contributed by atoms with Gasteiger partial charge in [0.25, 0.3) is 0 Å². The average molecular weight is 331 g/mol. The van der Waals surface area contributed by atoms with Crippen LogP contribution in [-0.2, 0) is 6.42 Å². The van der Waals surface area contributed by atoms with E-state index >= 15 is 0 Å². The molecule has 0 saturated carbocycles. The Balaban J connectivity index is 1.94. The zero-order valence-corrected chi connectivity index (χ0v) is 13.0. The molecular formula is C16H11ClN2O2S. The molecule has 2 aliphatic heterocycles. The molecule has 1 N–H and O–H groups in total. The average Bonchev–Trinajstić information content (AvgIpc) is 2.89. The molecule has 0 bridgehead atoms. The molecule has 4 nitrogen and oxygen atoms in total. The van der Waals surface area contributed by atoms with Crippen LogP contribution in [0.3, 0.4) is 0 Å². The fourth-order valence-electron chi connectivity index (χ4n) is 2.60. The minimum atomic E-state index is 0.236. The molecule has 2 aromatic rings. The van der Waals surface area contributed by atoms with E-state index < -0.39 is 0 Å². The van der Waals surface area contributed by atoms with Crippen molar-refractivity contribution in [2.45, 2.75) is 6.42 Å². The summed E-state index contributed by atoms with van der Waals surface area (Å²) in [4.78, 5) is 0.655. The molecule has 0 amide bonds. The number of benzene rings is 2. The Kier molecular flexibility index (Phi) is 3.24. The number of rotatable bonds is 1. The topological polar surface area (TPSA) is 42.9 Å². The van der Waals surface area contributed by atoms with Crippen LogP contribution in [0.15, 0.2) is 41.5 Å². The number of thiocarbonyl (C=S) groups is 1. The molecule has 0 radical (unpaired) electrons. The standard InChI is InChI=1S/C16H11ClN2O2S/c17-12-4-2-1-3-10(12)16-11-7-14-13(20-8-21-14)5-9(11)6-15(22)18-19-16/h1-5,7H,6,8H2,(H,18,22). The van der Waals surface area contributed by atoms with Crippen LogP contribution in [0.25, 0.3) is 0 Å². The van der Waals surface area contributed by atoms with Crippen molar-refractivity contribution >= 4 is 34.5 Å². The third-order valence-corrected chi connectivity index (χ3v) is 4.19. The van der Waals surface area contributed by atoms with Crippen LogP contribution in [0.4, 0.5) is 0 Å². The molecule has 4 rings (SSSR count). The van der Waals surface area contributed by atoms with Gasteiger partial charge in [-0.15, -0.1) is 0 Å². The van der Waals surface area contributed by atoms with Crippen molar-refractivity contribution in [3.8, 4) is 11.5 Å². The van der Waals surface area contributed by atoms with Crippen molar-refractivity contribution in [3.05, 3.63) is 58.1 Å². The van der Waals surface area contributed by atoms with Crippen LogP contribution in [-0.4, -0.2) is 17.5 Å². The van der Waals surface area contributed by atoms with Gasteiger partial charge in [0.2, 0.25) is 6.79 Å². The minimum Gasteiger partial charge on any atom is -0.454 e. The van der Waals surface area contributed by atoms with Crippen LogP contribution < -0.4 is 14.9 Å². The first-order valence-electron chi connectivity index (χ1n) is 6.77. The predicted octanol–water partition coefficient (Wildman–Crippen LogP) is 3.29. The molecule has 0 aromatic heterocycles. The second-order valence-corrected chi connectivity index (χ2v) is 5.91. The molecule has 2 aromatic carbocycles. The van der Waals surface area contributed by atoms with Crippen LogP contribution >= 0.6 is 23.8 Å². The maximum atomic E-state index is 6.33. The van der Waals surface area contributed by atoms with Crippen molar-refractivity contribution < 1.29 is 9.47 Å². The Morgan fingerprint density at radius 3 is 2.68 bits per heavy atom. The summed E-state index contributed by atoms with van der Waals surface area (Å²) in [7, 11) is 0. The molecule has 0 saturated heterocycles. The number of nitrogens with one attached hydrogen (secondary N) is 1. The molecule has 2 heterocycles. The molecule has 0 atom stereocenters. The van der Waals surface area contributed by atoms with Gasteiger partial charge in [0.1, 0.15) is 4.99 Å². The Bertz CT molecular complexity index is 820. The van der Waals surface area contributed by atoms with Gasteiger partial charge in [0.15, 0.2) is 11.5 Å². The smallest absolute Gasteiger partial charge is 0.231 e. The lowest BCUT2D eigenvalue weighted by Gasteiger charge is -2.11. The van der Waals surface area contributed by atoms with Crippen molar-refractivity contribution in [2.75, 3.05) is 6.79 Å². The molecule has 0 unspecified atom stereocenters. The number of hydrazone groups is 1. The normalized spacial score (nSPS) is 15.7. The van der Waals surface area contributed by atoms with E-state index in [1.807, 2.05) is 36.4 Å². The fraction of sp³-hybridized carbons (Fsp3) is 0.125. The highest BCUT2D eigenvalue weighted by Gasteiger charge is 2.24. The molecule has 0 aliphatic carbocycles. The van der Waals surface area contributed by atoms with Crippen LogP contribution in [0.2, 0.25) is 5.02 Å². The Morgan fingerprint density at radius 2 is 1.86 bits per heavy atom. The van der Waals surface area contributed by atoms with Crippen LogP contribution in [0.5, 0.6) is 11.5 Å². The number of hydrogen-bond donors (Lipinski definition) is 1. The molecule has 0 spiro atoms. The second-order valence-electron chi connectivity index (χ2n) is 5.01. The van der Waals surface area contributed by atoms with Crippen molar-refractivity contribution in [1.29, 1.82) is 0 Å². The molecule has 110 valence electrons. The summed E-state index contributed by atoms with van der Waals surface area (Å²) in [6.45, 7) is 0.236. The Hall–Kier alpha value is -2.11. The Labute approximate surface area is 137 Å². The third-order valence-electron chi connectivity index (χ3n) is 3.63. The van der Waals surface area contributed by atoms with E-state index in [2.05, 4.69) is 10.5 Å². The van der Waals surface area contributed by atoms with E-state index in [-0.39, 0.29) is 6.79 Å². The van der Waals surface area contributed by atoms with E-state index in [1.165, 1.54) is 0 Å². The summed E-state index contributed by atoms with van der Waals surface area (Å²) in [5.41, 5.74) is 6.51. The first-order valence-corrected chi connectivity index (χ1v) is 7.55. The lowest BCUT2D eigenvalue weighted by Crippen LogP contribution is -2.16. The van der Waals surface area contributed by atoms with E-state index in [0.717, 1.165) is 28.2 Å². The Morgan fingerprint density at radius 1 is 1.09 bits per heavy atom. The summed E-state index contributed by atoms with van der Waals surface area (Å²) in [5.74, 6) is 1.45. The van der Waals surface area contributed by atoms with Crippen molar-refractivity contribution in [3.63, 3.8) is 0 Å². The second kappa shape index (κ2) is 5.26. The van der Waals surface area contributed by atoms with E-state index in [4.69, 9.17) is 33.3 Å². The molecule has 0 fully saturated rings. The summed E-state index contributed by atoms with van der Waals surface area (Å²) in [6, 6.07) is 11.5. The van der Waals surface area contributed by atoms with Gasteiger partial charge in [-0.1, -0.05) is 42.0 Å². The van der Waals surface area contributed by atoms with Gasteiger partial charge in [-0.2, -0.15) is 5.10 Å². The number of nitrogens with zero attached hydrogens (tertiary/aromatic N) is 1. The fourth-order valence-corrected chi connectivity index (χ4v) is 3.03. The molecule has 22 heavy (non-hydrogen) atoms. The van der Waals surface area contributed by atoms with Crippen molar-refractivity contribution in [1.82, 2.24) is 5.43 Å². The summed E-state index contributed by atoms with van der Waals surface area (Å²) in [6.07, 6.45) is 0.596. The largest absolute Gasteiger partial charge is 0.454 e. The maximum Gasteiger partial charge on any atom is 0.231 e. The van der Waals surface area contributed by atoms with Gasteiger partial charge in [-0.05, 0) is 23.8 Å². The number of ether oxygens (including phenoxy) is 2. The first-order chi connectivity index (χ1) is 10.7. The zero-order valence-electron chi connectivity index (χ0n) is 11.4. The van der Waals surface area contributed by atoms with Gasteiger partial charge in [-0.3, -0.25) is 5.43 Å². The maximum absolute atomic E-state index is 6.33. The van der Waals surface area contributed by atoms with Crippen LogP contribution in [0.1, 0.15) is 16.7 Å². The van der Waals surface area contributed by atoms with Crippen molar-refractivity contribution in [2.24, 2.45) is 5.10 Å². The lowest BCUT2D eigenvalue weighted by atomic mass is 9.95. The number of halogens is 1. The van der Waals surface area contributed by atoms with Gasteiger partial charge in [-0.25, -0.2) is 0 Å². The van der Waals surface area contributed by atoms with E-state index in [1.54, 1.807) is 0 Å². The summed E-state index contributed by atoms with van der Waals surface area (Å²) >= 11 is 11.6. The van der Waals surface area contributed by atoms with E-state index in [0.29, 0.717) is 22.2 Å². The molecular weight excluding hydrogens is 320 g/mol. The molecule has 2 aliphatic rings. The SMILES string of the molecule is S=C1Cc2cc3c(cc2C(c2ccccc2Cl)=NN1)OCO3. The number of fused-ring (bicyclic) bond motifs is 2. The quantitative estimate of drug-likeness (QED) is 0.815. The lowest BCUT2D eigenvalue weighted by molar-refractivity contribution is 0.174. The summed E-state index contributed by atoms with van der Waals surface area (Å²) < 4.78 is 10.9. The van der Waals surface area contributed by atoms with E-state index in [9.17, 15) is 0 Å². The van der Waals surface area contributed by atoms with Gasteiger partial charge in [0, 0.05) is 17.5 Å². The monoisotopic (exact) mass is 330 g/mol. The highest BCUT2D eigenvalue weighted by molar-refractivity contribution is 7.80. The highest BCUT2D eigenvalue weighted by atomic mass is 35.5. The minimum absolute atomic E-state index is 0.236. The van der Waals surface area contributed by atoms with Gasteiger partial charge in [0.05, 0.1) is 10.7 Å². The van der Waals surface area contributed by atoms with Gasteiger partial charge < -0.3 is 9.47 Å². The zero-order chi connectivity index (χ0) is 15.1. The first kappa shape index (κ1) is 13.5.